The van der Waals surface area contributed by atoms with E-state index in [4.69, 9.17) is 14.6 Å². The zero-order valence-electron chi connectivity index (χ0n) is 25.2. The van der Waals surface area contributed by atoms with E-state index in [-0.39, 0.29) is 5.75 Å². The van der Waals surface area contributed by atoms with Gasteiger partial charge in [-0.15, -0.1) is 0 Å². The molecule has 0 fully saturated rings. The number of rotatable bonds is 5. The summed E-state index contributed by atoms with van der Waals surface area (Å²) in [5, 5.41) is 14.3. The maximum Gasteiger partial charge on any atom is 0.139 e. The van der Waals surface area contributed by atoms with Crippen molar-refractivity contribution in [3.8, 4) is 28.0 Å². The molecule has 3 N–H and O–H groups in total. The fraction of sp³-hybridized carbons (Fsp3) is 0. The van der Waals surface area contributed by atoms with Crippen molar-refractivity contribution in [2.45, 2.75) is 0 Å². The summed E-state index contributed by atoms with van der Waals surface area (Å²) < 4.78 is 12.4. The van der Waals surface area contributed by atoms with E-state index in [9.17, 15) is 5.11 Å². The van der Waals surface area contributed by atoms with Crippen LogP contribution in [0.4, 0.5) is 22.7 Å². The smallest absolute Gasteiger partial charge is 0.139 e. The van der Waals surface area contributed by atoms with Crippen molar-refractivity contribution in [2.24, 2.45) is 0 Å². The van der Waals surface area contributed by atoms with Crippen molar-refractivity contribution >= 4 is 66.6 Å². The maximum atomic E-state index is 10.4. The molecule has 224 valence electrons. The number of phenolic OH excluding ortho intramolecular Hbond substituents is 1. The van der Waals surface area contributed by atoms with E-state index in [0.717, 1.165) is 77.6 Å². The molecule has 47 heavy (non-hydrogen) atoms. The molecular formula is C42H28N2O3. The molecule has 0 aliphatic rings. The Labute approximate surface area is 270 Å². The van der Waals surface area contributed by atoms with Gasteiger partial charge >= 0.3 is 0 Å². The number of hydrogen-bond acceptors (Lipinski definition) is 5. The van der Waals surface area contributed by atoms with Crippen molar-refractivity contribution in [2.75, 3.05) is 10.6 Å². The molecule has 2 heterocycles. The van der Waals surface area contributed by atoms with Gasteiger partial charge < -0.3 is 24.6 Å². The number of anilines is 4. The summed E-state index contributed by atoms with van der Waals surface area (Å²) in [5.41, 5.74) is 16.7. The number of benzene rings is 7. The van der Waals surface area contributed by atoms with Crippen LogP contribution in [0.15, 0.2) is 160 Å². The summed E-state index contributed by atoms with van der Waals surface area (Å²) in [5.74, 6) is 0.0418. The molecule has 0 saturated heterocycles. The average molecular weight is 609 g/mol. The van der Waals surface area contributed by atoms with E-state index in [1.54, 1.807) is 12.1 Å². The molecule has 9 rings (SSSR count). The number of hydrogen-bond donors (Lipinski definition) is 2. The molecule has 0 radical (unpaired) electrons. The molecule has 0 saturated carbocycles. The van der Waals surface area contributed by atoms with Gasteiger partial charge in [0, 0.05) is 50.7 Å². The van der Waals surface area contributed by atoms with Gasteiger partial charge in [0.25, 0.3) is 0 Å². The number of phenols is 1. The quantitative estimate of drug-likeness (QED) is 0.150. The standard InChI is InChI=1S/C42H28N2O3/c43-36-25-41-35(24-37(36)45)42-32(13-7-15-39(42)47-41)27-16-18-29(19-17-27)44(30-11-6-10-28(22-30)26-8-2-1-3-9-26)31-20-21-34-33-12-4-5-14-38(33)46-40(34)23-31/h1-25,45H,43H2. The van der Waals surface area contributed by atoms with Crippen molar-refractivity contribution in [1.82, 2.24) is 0 Å². The molecule has 5 heteroatoms. The summed E-state index contributed by atoms with van der Waals surface area (Å²) in [7, 11) is 0. The van der Waals surface area contributed by atoms with Crippen LogP contribution in [-0.2, 0) is 0 Å². The molecule has 0 bridgehead atoms. The number of fused-ring (bicyclic) bond motifs is 6. The minimum absolute atomic E-state index is 0.0418. The normalized spacial score (nSPS) is 11.6. The molecule has 7 aromatic carbocycles. The molecular weight excluding hydrogens is 580 g/mol. The predicted octanol–water partition coefficient (Wildman–Crippen LogP) is 11.6. The highest BCUT2D eigenvalue weighted by atomic mass is 16.3. The third kappa shape index (κ3) is 4.48. The van der Waals surface area contributed by atoms with Crippen LogP contribution in [0.1, 0.15) is 0 Å². The Morgan fingerprint density at radius 2 is 1.11 bits per heavy atom. The number of nitrogens with zero attached hydrogens (tertiary/aromatic N) is 1. The van der Waals surface area contributed by atoms with Gasteiger partial charge in [-0.05, 0) is 76.9 Å². The first-order chi connectivity index (χ1) is 23.1. The molecule has 0 aliphatic carbocycles. The van der Waals surface area contributed by atoms with Gasteiger partial charge in [-0.1, -0.05) is 84.9 Å². The lowest BCUT2D eigenvalue weighted by Crippen LogP contribution is -2.10. The van der Waals surface area contributed by atoms with Crippen LogP contribution >= 0.6 is 0 Å². The lowest BCUT2D eigenvalue weighted by atomic mass is 9.98. The van der Waals surface area contributed by atoms with Gasteiger partial charge in [-0.3, -0.25) is 0 Å². The van der Waals surface area contributed by atoms with Crippen molar-refractivity contribution in [3.05, 3.63) is 152 Å². The number of nitrogens with two attached hydrogens (primary N) is 1. The van der Waals surface area contributed by atoms with E-state index >= 15 is 0 Å². The Morgan fingerprint density at radius 3 is 1.98 bits per heavy atom. The largest absolute Gasteiger partial charge is 0.506 e. The highest BCUT2D eigenvalue weighted by Gasteiger charge is 2.18. The van der Waals surface area contributed by atoms with Gasteiger partial charge in [0.1, 0.15) is 28.1 Å². The maximum absolute atomic E-state index is 10.4. The van der Waals surface area contributed by atoms with Crippen LogP contribution < -0.4 is 10.6 Å². The highest BCUT2D eigenvalue weighted by Crippen LogP contribution is 2.43. The minimum atomic E-state index is 0.0418. The Morgan fingerprint density at radius 1 is 0.447 bits per heavy atom. The second-order valence-corrected chi connectivity index (χ2v) is 11.8. The van der Waals surface area contributed by atoms with Gasteiger partial charge in [0.2, 0.25) is 0 Å². The van der Waals surface area contributed by atoms with E-state index in [1.807, 2.05) is 36.4 Å². The van der Waals surface area contributed by atoms with Gasteiger partial charge in [-0.25, -0.2) is 0 Å². The molecule has 0 unspecified atom stereocenters. The molecule has 9 aromatic rings. The van der Waals surface area contributed by atoms with Crippen LogP contribution in [0, 0.1) is 0 Å². The Kier molecular flexibility index (Phi) is 6.05. The Balaban J connectivity index is 1.19. The zero-order chi connectivity index (χ0) is 31.5. The van der Waals surface area contributed by atoms with Crippen molar-refractivity contribution in [1.29, 1.82) is 0 Å². The lowest BCUT2D eigenvalue weighted by molar-refractivity contribution is 0.478. The molecule has 5 nitrogen and oxygen atoms in total. The van der Waals surface area contributed by atoms with Crippen molar-refractivity contribution in [3.63, 3.8) is 0 Å². The van der Waals surface area contributed by atoms with E-state index in [2.05, 4.69) is 108 Å². The second kappa shape index (κ2) is 10.6. The highest BCUT2D eigenvalue weighted by molar-refractivity contribution is 6.13. The molecule has 2 aromatic heterocycles. The molecule has 0 amide bonds. The second-order valence-electron chi connectivity index (χ2n) is 11.8. The third-order valence-electron chi connectivity index (χ3n) is 8.91. The van der Waals surface area contributed by atoms with Crippen LogP contribution in [0.3, 0.4) is 0 Å². The van der Waals surface area contributed by atoms with E-state index in [1.165, 1.54) is 0 Å². The average Bonchev–Trinajstić information content (AvgIpc) is 3.67. The van der Waals surface area contributed by atoms with Crippen LogP contribution in [-0.4, -0.2) is 5.11 Å². The van der Waals surface area contributed by atoms with E-state index < -0.39 is 0 Å². The third-order valence-corrected chi connectivity index (χ3v) is 8.91. The van der Waals surface area contributed by atoms with E-state index in [0.29, 0.717) is 11.3 Å². The molecule has 0 atom stereocenters. The summed E-state index contributed by atoms with van der Waals surface area (Å²) in [4.78, 5) is 2.26. The topological polar surface area (TPSA) is 75.8 Å². The fourth-order valence-electron chi connectivity index (χ4n) is 6.66. The SMILES string of the molecule is Nc1cc2oc3cccc(-c4ccc(N(c5cccc(-c6ccccc6)c5)c5ccc6c(c5)oc5ccccc56)cc4)c3c2cc1O. The lowest BCUT2D eigenvalue weighted by Gasteiger charge is -2.26. The molecule has 0 aliphatic heterocycles. The van der Waals surface area contributed by atoms with Crippen LogP contribution in [0.5, 0.6) is 5.75 Å². The first kappa shape index (κ1) is 26.9. The number of furan rings is 2. The van der Waals surface area contributed by atoms with Gasteiger partial charge in [0.15, 0.2) is 0 Å². The first-order valence-electron chi connectivity index (χ1n) is 15.5. The first-order valence-corrected chi connectivity index (χ1v) is 15.5. The predicted molar refractivity (Wildman–Crippen MR) is 193 cm³/mol. The minimum Gasteiger partial charge on any atom is -0.506 e. The fourth-order valence-corrected chi connectivity index (χ4v) is 6.66. The molecule has 0 spiro atoms. The zero-order valence-corrected chi connectivity index (χ0v) is 25.2. The summed E-state index contributed by atoms with van der Waals surface area (Å²) in [6.07, 6.45) is 0. The van der Waals surface area contributed by atoms with Crippen molar-refractivity contribution < 1.29 is 13.9 Å². The number of aromatic hydroxyl groups is 1. The van der Waals surface area contributed by atoms with Gasteiger partial charge in [-0.2, -0.15) is 0 Å². The van der Waals surface area contributed by atoms with Crippen LogP contribution in [0.25, 0.3) is 66.1 Å². The number of nitrogen functional groups attached to an aromatic ring is 1. The monoisotopic (exact) mass is 608 g/mol. The van der Waals surface area contributed by atoms with Gasteiger partial charge in [0.05, 0.1) is 5.69 Å². The Bertz CT molecular complexity index is 2600. The summed E-state index contributed by atoms with van der Waals surface area (Å²) in [6, 6.07) is 51.5. The van der Waals surface area contributed by atoms with Crippen LogP contribution in [0.2, 0.25) is 0 Å². The summed E-state index contributed by atoms with van der Waals surface area (Å²) >= 11 is 0. The summed E-state index contributed by atoms with van der Waals surface area (Å²) in [6.45, 7) is 0. The Hall–Kier alpha value is -6.46. The number of para-hydroxylation sites is 1.